The third-order valence-corrected chi connectivity index (χ3v) is 4.74. The lowest BCUT2D eigenvalue weighted by molar-refractivity contribution is -0.110. The standard InChI is InChI=1S/C21H16ClNO3/c1-25-14-6-3-12-4-8-20(26-2)17(16(12)10-14)11-18-15-7-5-13(22)9-19(15)23-21(18)24/h3-11H,1-2H3,(H,23,24)/b18-11+. The molecule has 1 aliphatic heterocycles. The maximum Gasteiger partial charge on any atom is 0.256 e. The zero-order valence-electron chi connectivity index (χ0n) is 14.3. The van der Waals surface area contributed by atoms with Crippen LogP contribution < -0.4 is 14.8 Å². The predicted octanol–water partition coefficient (Wildman–Crippen LogP) is 5.00. The van der Waals surface area contributed by atoms with E-state index in [2.05, 4.69) is 5.32 Å². The third kappa shape index (κ3) is 2.68. The quantitative estimate of drug-likeness (QED) is 0.664. The highest BCUT2D eigenvalue weighted by Gasteiger charge is 2.25. The van der Waals surface area contributed by atoms with E-state index in [1.165, 1.54) is 0 Å². The fraction of sp³-hybridized carbons (Fsp3) is 0.0952. The van der Waals surface area contributed by atoms with E-state index in [4.69, 9.17) is 21.1 Å². The highest BCUT2D eigenvalue weighted by molar-refractivity contribution is 6.37. The summed E-state index contributed by atoms with van der Waals surface area (Å²) in [6, 6.07) is 15.1. The van der Waals surface area contributed by atoms with Crippen LogP contribution in [-0.4, -0.2) is 20.1 Å². The molecule has 26 heavy (non-hydrogen) atoms. The van der Waals surface area contributed by atoms with Gasteiger partial charge in [-0.05, 0) is 47.2 Å². The largest absolute Gasteiger partial charge is 0.497 e. The predicted molar refractivity (Wildman–Crippen MR) is 105 cm³/mol. The van der Waals surface area contributed by atoms with Crippen molar-refractivity contribution in [3.8, 4) is 11.5 Å². The number of anilines is 1. The van der Waals surface area contributed by atoms with Crippen molar-refractivity contribution in [2.45, 2.75) is 0 Å². The molecule has 3 aromatic carbocycles. The second-order valence-electron chi connectivity index (χ2n) is 5.97. The van der Waals surface area contributed by atoms with Crippen LogP contribution in [0.1, 0.15) is 11.1 Å². The number of benzene rings is 3. The highest BCUT2D eigenvalue weighted by atomic mass is 35.5. The van der Waals surface area contributed by atoms with Crippen molar-refractivity contribution in [1.82, 2.24) is 0 Å². The van der Waals surface area contributed by atoms with Gasteiger partial charge in [-0.1, -0.05) is 29.8 Å². The molecule has 0 saturated carbocycles. The van der Waals surface area contributed by atoms with Crippen LogP contribution in [0.5, 0.6) is 11.5 Å². The van der Waals surface area contributed by atoms with Crippen LogP contribution >= 0.6 is 11.6 Å². The lowest BCUT2D eigenvalue weighted by Crippen LogP contribution is -2.03. The first-order valence-corrected chi connectivity index (χ1v) is 8.46. The van der Waals surface area contributed by atoms with Crippen LogP contribution in [0.4, 0.5) is 5.69 Å². The van der Waals surface area contributed by atoms with Gasteiger partial charge in [0.2, 0.25) is 0 Å². The maximum atomic E-state index is 12.5. The minimum Gasteiger partial charge on any atom is -0.497 e. The molecule has 5 heteroatoms. The number of carbonyl (C=O) groups is 1. The molecule has 4 nitrogen and oxygen atoms in total. The molecule has 0 bridgehead atoms. The van der Waals surface area contributed by atoms with E-state index >= 15 is 0 Å². The first-order chi connectivity index (χ1) is 12.6. The van der Waals surface area contributed by atoms with Gasteiger partial charge < -0.3 is 14.8 Å². The van der Waals surface area contributed by atoms with Crippen LogP contribution in [0.3, 0.4) is 0 Å². The molecule has 4 rings (SSSR count). The smallest absolute Gasteiger partial charge is 0.256 e. The van der Waals surface area contributed by atoms with E-state index in [-0.39, 0.29) is 5.91 Å². The number of hydrogen-bond acceptors (Lipinski definition) is 3. The van der Waals surface area contributed by atoms with Gasteiger partial charge in [0.25, 0.3) is 5.91 Å². The number of halogens is 1. The summed E-state index contributed by atoms with van der Waals surface area (Å²) in [7, 11) is 3.25. The normalized spacial score (nSPS) is 14.4. The Labute approximate surface area is 156 Å². The van der Waals surface area contributed by atoms with Crippen molar-refractivity contribution in [3.05, 3.63) is 64.7 Å². The van der Waals surface area contributed by atoms with Crippen molar-refractivity contribution in [3.63, 3.8) is 0 Å². The summed E-state index contributed by atoms with van der Waals surface area (Å²) in [5.74, 6) is 1.27. The number of nitrogens with one attached hydrogen (secondary N) is 1. The van der Waals surface area contributed by atoms with Crippen LogP contribution in [0, 0.1) is 0 Å². The number of fused-ring (bicyclic) bond motifs is 2. The molecule has 1 N–H and O–H groups in total. The molecule has 0 saturated heterocycles. The molecule has 0 atom stereocenters. The average Bonchev–Trinajstić information content (AvgIpc) is 2.95. The molecule has 1 aliphatic rings. The van der Waals surface area contributed by atoms with Gasteiger partial charge in [0.05, 0.1) is 19.9 Å². The molecule has 0 radical (unpaired) electrons. The monoisotopic (exact) mass is 365 g/mol. The van der Waals surface area contributed by atoms with E-state index < -0.39 is 0 Å². The van der Waals surface area contributed by atoms with Crippen LogP contribution in [0.2, 0.25) is 5.02 Å². The molecule has 0 spiro atoms. The van der Waals surface area contributed by atoms with Crippen molar-refractivity contribution >= 4 is 45.6 Å². The number of carbonyl (C=O) groups excluding carboxylic acids is 1. The van der Waals surface area contributed by atoms with E-state index in [9.17, 15) is 4.79 Å². The Bertz CT molecular complexity index is 1070. The molecule has 3 aromatic rings. The Kier molecular flexibility index (Phi) is 4.05. The minimum absolute atomic E-state index is 0.163. The van der Waals surface area contributed by atoms with Crippen molar-refractivity contribution in [2.24, 2.45) is 0 Å². The fourth-order valence-electron chi connectivity index (χ4n) is 3.21. The Morgan fingerprint density at radius 3 is 2.58 bits per heavy atom. The van der Waals surface area contributed by atoms with Gasteiger partial charge >= 0.3 is 0 Å². The van der Waals surface area contributed by atoms with E-state index in [0.29, 0.717) is 22.0 Å². The Morgan fingerprint density at radius 2 is 1.81 bits per heavy atom. The number of ether oxygens (including phenoxy) is 2. The Hall–Kier alpha value is -2.98. The topological polar surface area (TPSA) is 47.6 Å². The molecule has 0 fully saturated rings. The van der Waals surface area contributed by atoms with Crippen LogP contribution in [-0.2, 0) is 4.79 Å². The van der Waals surface area contributed by atoms with Crippen molar-refractivity contribution in [1.29, 1.82) is 0 Å². The second-order valence-corrected chi connectivity index (χ2v) is 6.41. The average molecular weight is 366 g/mol. The Balaban J connectivity index is 1.97. The number of amides is 1. The minimum atomic E-state index is -0.163. The molecule has 0 aromatic heterocycles. The van der Waals surface area contributed by atoms with Gasteiger partial charge in [0.15, 0.2) is 0 Å². The third-order valence-electron chi connectivity index (χ3n) is 4.50. The molecule has 1 amide bonds. The molecule has 0 unspecified atom stereocenters. The summed E-state index contributed by atoms with van der Waals surface area (Å²) in [6.07, 6.45) is 1.86. The number of methoxy groups -OCH3 is 2. The second kappa shape index (κ2) is 6.39. The summed E-state index contributed by atoms with van der Waals surface area (Å²) < 4.78 is 10.9. The molecular weight excluding hydrogens is 350 g/mol. The zero-order valence-corrected chi connectivity index (χ0v) is 15.1. The summed E-state index contributed by atoms with van der Waals surface area (Å²) in [6.45, 7) is 0. The van der Waals surface area contributed by atoms with E-state index in [0.717, 1.165) is 27.6 Å². The number of hydrogen-bond donors (Lipinski definition) is 1. The first kappa shape index (κ1) is 16.5. The van der Waals surface area contributed by atoms with Gasteiger partial charge in [-0.3, -0.25) is 4.79 Å². The highest BCUT2D eigenvalue weighted by Crippen LogP contribution is 2.38. The molecule has 0 aliphatic carbocycles. The summed E-state index contributed by atoms with van der Waals surface area (Å²) in [5, 5.41) is 5.43. The van der Waals surface area contributed by atoms with Crippen LogP contribution in [0.15, 0.2) is 48.5 Å². The molecule has 1 heterocycles. The molecular formula is C21H16ClNO3. The van der Waals surface area contributed by atoms with Gasteiger partial charge in [-0.15, -0.1) is 0 Å². The zero-order chi connectivity index (χ0) is 18.3. The van der Waals surface area contributed by atoms with Gasteiger partial charge in [0.1, 0.15) is 11.5 Å². The van der Waals surface area contributed by atoms with Crippen LogP contribution in [0.25, 0.3) is 22.4 Å². The fourth-order valence-corrected chi connectivity index (χ4v) is 3.38. The Morgan fingerprint density at radius 1 is 1.00 bits per heavy atom. The lowest BCUT2D eigenvalue weighted by Gasteiger charge is -2.11. The molecule has 130 valence electrons. The number of rotatable bonds is 3. The summed E-state index contributed by atoms with van der Waals surface area (Å²) in [4.78, 5) is 12.5. The lowest BCUT2D eigenvalue weighted by atomic mass is 9.98. The van der Waals surface area contributed by atoms with Gasteiger partial charge in [-0.2, -0.15) is 0 Å². The van der Waals surface area contributed by atoms with E-state index in [1.54, 1.807) is 26.4 Å². The van der Waals surface area contributed by atoms with Crippen molar-refractivity contribution in [2.75, 3.05) is 19.5 Å². The maximum absolute atomic E-state index is 12.5. The van der Waals surface area contributed by atoms with Crippen molar-refractivity contribution < 1.29 is 14.3 Å². The summed E-state index contributed by atoms with van der Waals surface area (Å²) in [5.41, 5.74) is 2.94. The van der Waals surface area contributed by atoms with Gasteiger partial charge in [0, 0.05) is 21.7 Å². The van der Waals surface area contributed by atoms with E-state index in [1.807, 2.05) is 42.5 Å². The summed E-state index contributed by atoms with van der Waals surface area (Å²) >= 11 is 6.03. The van der Waals surface area contributed by atoms with Gasteiger partial charge in [-0.25, -0.2) is 0 Å². The SMILES string of the molecule is COc1ccc2ccc(OC)c(/C=C3/C(=O)Nc4cc(Cl)ccc43)c2c1. The first-order valence-electron chi connectivity index (χ1n) is 8.08.